The Balaban J connectivity index is 1.02. The first-order valence-electron chi connectivity index (χ1n) is 12.6. The molecule has 5 rings (SSSR count). The van der Waals surface area contributed by atoms with Crippen LogP contribution < -0.4 is 4.74 Å². The minimum absolute atomic E-state index is 0.232. The summed E-state index contributed by atoms with van der Waals surface area (Å²) < 4.78 is 47.1. The molecule has 1 atom stereocenters. The van der Waals surface area contributed by atoms with Crippen molar-refractivity contribution in [3.05, 3.63) is 65.4 Å². The number of aromatic nitrogens is 3. The molecule has 0 amide bonds. The summed E-state index contributed by atoms with van der Waals surface area (Å²) in [7, 11) is 0. The number of thiazole rings is 1. The second-order valence-electron chi connectivity index (χ2n) is 9.54. The number of fused-ring (bicyclic) bond motifs is 1. The number of rotatable bonds is 9. The molecule has 7 nitrogen and oxygen atoms in total. The van der Waals surface area contributed by atoms with Crippen LogP contribution in [-0.4, -0.2) is 81.7 Å². The number of piperazine rings is 1. The number of hydrogen-bond acceptors (Lipinski definition) is 7. The topological polar surface area (TPSA) is 66.7 Å². The zero-order valence-corrected chi connectivity index (χ0v) is 21.9. The summed E-state index contributed by atoms with van der Waals surface area (Å²) in [6.45, 7) is 7.78. The van der Waals surface area contributed by atoms with Gasteiger partial charge in [-0.1, -0.05) is 12.1 Å². The van der Waals surface area contributed by atoms with E-state index in [0.717, 1.165) is 65.6 Å². The number of alkyl halides is 3. The van der Waals surface area contributed by atoms with Crippen LogP contribution in [0.4, 0.5) is 13.2 Å². The first-order chi connectivity index (χ1) is 18.2. The van der Waals surface area contributed by atoms with Gasteiger partial charge in [-0.15, -0.1) is 11.3 Å². The molecule has 0 radical (unpaired) electrons. The zero-order chi connectivity index (χ0) is 26.7. The minimum Gasteiger partial charge on any atom is -0.491 e. The lowest BCUT2D eigenvalue weighted by Crippen LogP contribution is -2.49. The van der Waals surface area contributed by atoms with Gasteiger partial charge in [0.2, 0.25) is 0 Å². The molecule has 4 aromatic rings. The van der Waals surface area contributed by atoms with Gasteiger partial charge in [-0.3, -0.25) is 14.5 Å². The molecule has 202 valence electrons. The molecule has 1 fully saturated rings. The molecule has 0 spiro atoms. The molecule has 1 aliphatic heterocycles. The van der Waals surface area contributed by atoms with Gasteiger partial charge in [0.05, 0.1) is 33.5 Å². The van der Waals surface area contributed by atoms with E-state index in [1.165, 1.54) is 12.1 Å². The van der Waals surface area contributed by atoms with Crippen LogP contribution >= 0.6 is 11.3 Å². The summed E-state index contributed by atoms with van der Waals surface area (Å²) in [5.74, 6) is 0.715. The number of halogens is 3. The van der Waals surface area contributed by atoms with Gasteiger partial charge in [-0.25, -0.2) is 4.98 Å². The van der Waals surface area contributed by atoms with Crippen molar-refractivity contribution < 1.29 is 23.0 Å². The smallest absolute Gasteiger partial charge is 0.416 e. The quantitative estimate of drug-likeness (QED) is 0.333. The summed E-state index contributed by atoms with van der Waals surface area (Å²) >= 11 is 1.65. The number of hydrogen-bond donors (Lipinski definition) is 1. The highest BCUT2D eigenvalue weighted by molar-refractivity contribution is 7.18. The lowest BCUT2D eigenvalue weighted by molar-refractivity contribution is -0.137. The van der Waals surface area contributed by atoms with E-state index in [2.05, 4.69) is 19.9 Å². The maximum absolute atomic E-state index is 12.8. The molecule has 1 saturated heterocycles. The summed E-state index contributed by atoms with van der Waals surface area (Å²) in [6.07, 6.45) is -1.38. The van der Waals surface area contributed by atoms with Crippen molar-refractivity contribution in [1.82, 2.24) is 24.6 Å². The first-order valence-corrected chi connectivity index (χ1v) is 13.4. The summed E-state index contributed by atoms with van der Waals surface area (Å²) in [6, 6.07) is 11.0. The third-order valence-corrected chi connectivity index (χ3v) is 7.62. The van der Waals surface area contributed by atoms with Gasteiger partial charge in [0.1, 0.15) is 18.5 Å². The molecule has 1 N–H and O–H groups in total. The average molecular weight is 546 g/mol. The molecule has 38 heavy (non-hydrogen) atoms. The van der Waals surface area contributed by atoms with Crippen molar-refractivity contribution in [2.24, 2.45) is 0 Å². The monoisotopic (exact) mass is 545 g/mol. The Kier molecular flexibility index (Phi) is 7.98. The molecule has 11 heteroatoms. The van der Waals surface area contributed by atoms with Gasteiger partial charge < -0.3 is 9.84 Å². The first kappa shape index (κ1) is 26.6. The van der Waals surface area contributed by atoms with Gasteiger partial charge in [-0.05, 0) is 36.8 Å². The second kappa shape index (κ2) is 11.4. The Morgan fingerprint density at radius 3 is 2.47 bits per heavy atom. The van der Waals surface area contributed by atoms with E-state index in [-0.39, 0.29) is 6.61 Å². The average Bonchev–Trinajstić information content (AvgIpc) is 3.52. The van der Waals surface area contributed by atoms with Gasteiger partial charge in [0.15, 0.2) is 0 Å². The number of nitrogens with zero attached hydrogens (tertiary/aromatic N) is 5. The van der Waals surface area contributed by atoms with Crippen molar-refractivity contribution in [3.8, 4) is 16.9 Å². The Bertz CT molecular complexity index is 1350. The Hall–Kier alpha value is -2.99. The Morgan fingerprint density at radius 1 is 1.00 bits per heavy atom. The second-order valence-corrected chi connectivity index (χ2v) is 10.8. The maximum Gasteiger partial charge on any atom is 0.416 e. The standard InChI is InChI=1S/C27H30F3N5O2S/c1-19-32-25-14-24(6-7-26(25)38-19)37-18-23(36)17-34-10-8-33(9-11-34)12-13-35-16-21(15-31-35)20-2-4-22(5-3-20)27(28,29)30/h2-7,14-16,23,36H,8-13,17-18H2,1H3/t23-/m0/s1. The molecule has 0 unspecified atom stereocenters. The minimum atomic E-state index is -4.34. The van der Waals surface area contributed by atoms with E-state index in [1.807, 2.05) is 36.0 Å². The fourth-order valence-electron chi connectivity index (χ4n) is 4.58. The molecule has 0 saturated carbocycles. The van der Waals surface area contributed by atoms with Gasteiger partial charge >= 0.3 is 6.18 Å². The summed E-state index contributed by atoms with van der Waals surface area (Å²) in [5, 5.41) is 15.9. The maximum atomic E-state index is 12.8. The largest absolute Gasteiger partial charge is 0.491 e. The molecule has 0 aliphatic carbocycles. The van der Waals surface area contributed by atoms with Gasteiger partial charge in [0.25, 0.3) is 0 Å². The van der Waals surface area contributed by atoms with Crippen molar-refractivity contribution in [1.29, 1.82) is 0 Å². The lowest BCUT2D eigenvalue weighted by Gasteiger charge is -2.35. The Labute approximate surface area is 223 Å². The highest BCUT2D eigenvalue weighted by Crippen LogP contribution is 2.31. The van der Waals surface area contributed by atoms with Crippen LogP contribution in [-0.2, 0) is 12.7 Å². The van der Waals surface area contributed by atoms with E-state index < -0.39 is 17.8 Å². The number of benzene rings is 2. The van der Waals surface area contributed by atoms with Crippen LogP contribution in [0.2, 0.25) is 0 Å². The summed E-state index contributed by atoms with van der Waals surface area (Å²) in [4.78, 5) is 9.08. The molecule has 2 aromatic carbocycles. The van der Waals surface area contributed by atoms with Crippen molar-refractivity contribution in [3.63, 3.8) is 0 Å². The van der Waals surface area contributed by atoms with Crippen LogP contribution in [0.25, 0.3) is 21.3 Å². The molecule has 3 heterocycles. The fraction of sp³-hybridized carbons (Fsp3) is 0.407. The van der Waals surface area contributed by atoms with E-state index in [9.17, 15) is 18.3 Å². The predicted molar refractivity (Wildman–Crippen MR) is 141 cm³/mol. The van der Waals surface area contributed by atoms with Crippen LogP contribution in [0.15, 0.2) is 54.9 Å². The number of aliphatic hydroxyl groups is 1. The zero-order valence-electron chi connectivity index (χ0n) is 21.1. The molecular formula is C27H30F3N5O2S. The van der Waals surface area contributed by atoms with Crippen molar-refractivity contribution in [2.45, 2.75) is 25.7 Å². The highest BCUT2D eigenvalue weighted by atomic mass is 32.1. The summed E-state index contributed by atoms with van der Waals surface area (Å²) in [5.41, 5.74) is 1.76. The molecule has 2 aromatic heterocycles. The van der Waals surface area contributed by atoms with Crippen LogP contribution in [0.5, 0.6) is 5.75 Å². The number of ether oxygens (including phenoxy) is 1. The van der Waals surface area contributed by atoms with Crippen molar-refractivity contribution >= 4 is 21.6 Å². The van der Waals surface area contributed by atoms with Crippen LogP contribution in [0, 0.1) is 6.92 Å². The predicted octanol–water partition coefficient (Wildman–Crippen LogP) is 4.54. The third-order valence-electron chi connectivity index (χ3n) is 6.67. The fourth-order valence-corrected chi connectivity index (χ4v) is 5.39. The van der Waals surface area contributed by atoms with E-state index in [4.69, 9.17) is 4.74 Å². The SMILES string of the molecule is Cc1nc2cc(OC[C@@H](O)CN3CCN(CCn4cc(-c5ccc(C(F)(F)F)cc5)cn4)CC3)ccc2s1. The van der Waals surface area contributed by atoms with E-state index in [1.54, 1.807) is 17.5 Å². The lowest BCUT2D eigenvalue weighted by atomic mass is 10.1. The molecule has 1 aliphatic rings. The van der Waals surface area contributed by atoms with Gasteiger partial charge in [0, 0.05) is 57.1 Å². The van der Waals surface area contributed by atoms with Crippen molar-refractivity contribution in [2.75, 3.05) is 45.9 Å². The van der Waals surface area contributed by atoms with E-state index in [0.29, 0.717) is 24.4 Å². The molecular weight excluding hydrogens is 515 g/mol. The van der Waals surface area contributed by atoms with Gasteiger partial charge in [-0.2, -0.15) is 18.3 Å². The number of aliphatic hydroxyl groups excluding tert-OH is 1. The van der Waals surface area contributed by atoms with E-state index >= 15 is 0 Å². The number of aryl methyl sites for hydroxylation is 1. The highest BCUT2D eigenvalue weighted by Gasteiger charge is 2.30. The molecule has 0 bridgehead atoms. The number of β-amino-alcohol motifs (C(OH)–C–C–N with tert-alkyl or cyclic N) is 1. The Morgan fingerprint density at radius 2 is 1.74 bits per heavy atom. The van der Waals surface area contributed by atoms with Crippen LogP contribution in [0.1, 0.15) is 10.6 Å². The van der Waals surface area contributed by atoms with Crippen LogP contribution in [0.3, 0.4) is 0 Å². The normalized spacial score (nSPS) is 16.2. The third kappa shape index (κ3) is 6.71.